The predicted octanol–water partition coefficient (Wildman–Crippen LogP) is 0.450. The lowest BCUT2D eigenvalue weighted by molar-refractivity contribution is 0.0421. The molecule has 1 unspecified atom stereocenters. The number of anilines is 1. The molecule has 1 aliphatic rings. The minimum Gasteiger partial charge on any atom is -0.373 e. The molecule has 1 aromatic heterocycles. The van der Waals surface area contributed by atoms with Crippen molar-refractivity contribution in [3.05, 3.63) is 21.0 Å². The molecule has 106 valence electrons. The van der Waals surface area contributed by atoms with Crippen molar-refractivity contribution in [3.63, 3.8) is 0 Å². The van der Waals surface area contributed by atoms with Crippen LogP contribution in [-0.4, -0.2) is 49.2 Å². The molecule has 2 heterocycles. The highest BCUT2D eigenvalue weighted by Crippen LogP contribution is 2.23. The van der Waals surface area contributed by atoms with Gasteiger partial charge >= 0.3 is 0 Å². The Kier molecular flexibility index (Phi) is 4.95. The van der Waals surface area contributed by atoms with Crippen molar-refractivity contribution < 1.29 is 4.74 Å². The Morgan fingerprint density at radius 1 is 1.63 bits per heavy atom. The maximum atomic E-state index is 12.1. The van der Waals surface area contributed by atoms with Crippen LogP contribution in [0.5, 0.6) is 0 Å². The number of hydrogen-bond acceptors (Lipinski definition) is 5. The van der Waals surface area contributed by atoms with Crippen LogP contribution in [0, 0.1) is 0 Å². The molecule has 0 spiro atoms. The topological polar surface area (TPSA) is 59.4 Å². The first-order valence-electron chi connectivity index (χ1n) is 6.44. The van der Waals surface area contributed by atoms with Crippen LogP contribution >= 0.6 is 15.9 Å². The highest BCUT2D eigenvalue weighted by molar-refractivity contribution is 9.10. The minimum atomic E-state index is -0.0864. The second-order valence-corrected chi connectivity index (χ2v) is 5.25. The van der Waals surface area contributed by atoms with Crippen molar-refractivity contribution >= 4 is 21.6 Å². The largest absolute Gasteiger partial charge is 0.373 e. The van der Waals surface area contributed by atoms with Crippen LogP contribution in [0.1, 0.15) is 6.92 Å². The van der Waals surface area contributed by atoms with Crippen molar-refractivity contribution in [3.8, 4) is 0 Å². The van der Waals surface area contributed by atoms with E-state index in [9.17, 15) is 4.79 Å². The van der Waals surface area contributed by atoms with E-state index in [0.29, 0.717) is 17.6 Å². The second-order valence-electron chi connectivity index (χ2n) is 4.46. The van der Waals surface area contributed by atoms with E-state index in [-0.39, 0.29) is 11.7 Å². The Morgan fingerprint density at radius 3 is 3.11 bits per heavy atom. The van der Waals surface area contributed by atoms with Gasteiger partial charge in [0.2, 0.25) is 0 Å². The fourth-order valence-electron chi connectivity index (χ4n) is 2.19. The smallest absolute Gasteiger partial charge is 0.283 e. The molecule has 1 atom stereocenters. The monoisotopic (exact) mass is 330 g/mol. The Hall–Kier alpha value is -0.920. The SMILES string of the molecule is CCn1ncc(N2CCOC(CNC)C2)c(Br)c1=O. The quantitative estimate of drug-likeness (QED) is 0.868. The number of morpholine rings is 1. The highest BCUT2D eigenvalue weighted by Gasteiger charge is 2.23. The Morgan fingerprint density at radius 2 is 2.42 bits per heavy atom. The first-order valence-corrected chi connectivity index (χ1v) is 7.23. The predicted molar refractivity (Wildman–Crippen MR) is 77.8 cm³/mol. The molecule has 6 nitrogen and oxygen atoms in total. The summed E-state index contributed by atoms with van der Waals surface area (Å²) in [6.45, 7) is 5.47. The lowest BCUT2D eigenvalue weighted by Gasteiger charge is -2.34. The van der Waals surface area contributed by atoms with Gasteiger partial charge in [-0.1, -0.05) is 0 Å². The van der Waals surface area contributed by atoms with Gasteiger partial charge in [0, 0.05) is 26.2 Å². The second kappa shape index (κ2) is 6.49. The summed E-state index contributed by atoms with van der Waals surface area (Å²) in [6, 6.07) is 0. The van der Waals surface area contributed by atoms with E-state index in [2.05, 4.69) is 31.2 Å². The molecule has 1 saturated heterocycles. The van der Waals surface area contributed by atoms with Gasteiger partial charge in [0.1, 0.15) is 4.47 Å². The van der Waals surface area contributed by atoms with E-state index in [1.54, 1.807) is 6.20 Å². The Balaban J connectivity index is 2.22. The molecular formula is C12H19BrN4O2. The fourth-order valence-corrected chi connectivity index (χ4v) is 2.75. The lowest BCUT2D eigenvalue weighted by Crippen LogP contribution is -2.47. The van der Waals surface area contributed by atoms with Gasteiger partial charge in [-0.25, -0.2) is 4.68 Å². The molecule has 1 fully saturated rings. The highest BCUT2D eigenvalue weighted by atomic mass is 79.9. The molecule has 0 amide bonds. The molecule has 0 aromatic carbocycles. The first-order chi connectivity index (χ1) is 9.17. The number of likely N-dealkylation sites (N-methyl/N-ethyl adjacent to an activating group) is 1. The number of nitrogens with one attached hydrogen (secondary N) is 1. The van der Waals surface area contributed by atoms with Crippen LogP contribution < -0.4 is 15.8 Å². The standard InChI is InChI=1S/C12H19BrN4O2/c1-3-17-12(18)11(13)10(7-15-17)16-4-5-19-9(8-16)6-14-2/h7,9,14H,3-6,8H2,1-2H3. The molecule has 1 N–H and O–H groups in total. The van der Waals surface area contributed by atoms with Crippen LogP contribution in [0.15, 0.2) is 15.5 Å². The average molecular weight is 331 g/mol. The Bertz CT molecular complexity index is 489. The number of nitrogens with zero attached hydrogens (tertiary/aromatic N) is 3. The number of aromatic nitrogens is 2. The van der Waals surface area contributed by atoms with E-state index in [0.717, 1.165) is 25.3 Å². The van der Waals surface area contributed by atoms with Gasteiger partial charge in [-0.3, -0.25) is 4.79 Å². The number of halogens is 1. The Labute approximate surface area is 120 Å². The summed E-state index contributed by atoms with van der Waals surface area (Å²) in [6.07, 6.45) is 1.88. The number of hydrogen-bond donors (Lipinski definition) is 1. The van der Waals surface area contributed by atoms with Crippen LogP contribution in [0.2, 0.25) is 0 Å². The summed E-state index contributed by atoms with van der Waals surface area (Å²) in [7, 11) is 1.90. The molecule has 2 rings (SSSR count). The van der Waals surface area contributed by atoms with Crippen molar-refractivity contribution in [2.75, 3.05) is 38.2 Å². The molecule has 19 heavy (non-hydrogen) atoms. The summed E-state index contributed by atoms with van der Waals surface area (Å²) in [5.74, 6) is 0. The van der Waals surface area contributed by atoms with E-state index >= 15 is 0 Å². The van der Waals surface area contributed by atoms with E-state index in [1.807, 2.05) is 14.0 Å². The minimum absolute atomic E-state index is 0.0864. The number of ether oxygens (including phenoxy) is 1. The van der Waals surface area contributed by atoms with Crippen molar-refractivity contribution in [1.29, 1.82) is 0 Å². The van der Waals surface area contributed by atoms with Gasteiger partial charge < -0.3 is 15.0 Å². The zero-order chi connectivity index (χ0) is 13.8. The van der Waals surface area contributed by atoms with Gasteiger partial charge in [0.25, 0.3) is 5.56 Å². The van der Waals surface area contributed by atoms with Crippen molar-refractivity contribution in [2.24, 2.45) is 0 Å². The fraction of sp³-hybridized carbons (Fsp3) is 0.667. The van der Waals surface area contributed by atoms with Gasteiger partial charge in [-0.15, -0.1) is 0 Å². The van der Waals surface area contributed by atoms with Gasteiger partial charge in [-0.05, 0) is 29.9 Å². The summed E-state index contributed by atoms with van der Waals surface area (Å²) >= 11 is 3.39. The van der Waals surface area contributed by atoms with Crippen LogP contribution in [-0.2, 0) is 11.3 Å². The maximum absolute atomic E-state index is 12.1. The summed E-state index contributed by atoms with van der Waals surface area (Å²) in [5, 5.41) is 7.29. The molecule has 0 saturated carbocycles. The van der Waals surface area contributed by atoms with Gasteiger partial charge in [0.05, 0.1) is 24.6 Å². The number of rotatable bonds is 4. The molecule has 0 radical (unpaired) electrons. The van der Waals surface area contributed by atoms with Crippen molar-refractivity contribution in [1.82, 2.24) is 15.1 Å². The lowest BCUT2D eigenvalue weighted by atomic mass is 10.2. The van der Waals surface area contributed by atoms with Crippen LogP contribution in [0.4, 0.5) is 5.69 Å². The molecule has 0 bridgehead atoms. The zero-order valence-corrected chi connectivity index (χ0v) is 12.8. The average Bonchev–Trinajstić information content (AvgIpc) is 2.42. The van der Waals surface area contributed by atoms with Crippen LogP contribution in [0.3, 0.4) is 0 Å². The molecule has 0 aliphatic carbocycles. The third kappa shape index (κ3) is 3.16. The third-order valence-corrected chi connectivity index (χ3v) is 3.92. The molecule has 1 aliphatic heterocycles. The van der Waals surface area contributed by atoms with E-state index in [1.165, 1.54) is 4.68 Å². The van der Waals surface area contributed by atoms with Gasteiger partial charge in [0.15, 0.2) is 0 Å². The normalized spacial score (nSPS) is 19.7. The van der Waals surface area contributed by atoms with E-state index < -0.39 is 0 Å². The maximum Gasteiger partial charge on any atom is 0.283 e. The van der Waals surface area contributed by atoms with Crippen LogP contribution in [0.25, 0.3) is 0 Å². The summed E-state index contributed by atoms with van der Waals surface area (Å²) < 4.78 is 7.68. The van der Waals surface area contributed by atoms with Gasteiger partial charge in [-0.2, -0.15) is 5.10 Å². The van der Waals surface area contributed by atoms with E-state index in [4.69, 9.17) is 4.74 Å². The zero-order valence-electron chi connectivity index (χ0n) is 11.2. The van der Waals surface area contributed by atoms with Crippen molar-refractivity contribution in [2.45, 2.75) is 19.6 Å². The first kappa shape index (κ1) is 14.5. The molecular weight excluding hydrogens is 312 g/mol. The summed E-state index contributed by atoms with van der Waals surface area (Å²) in [4.78, 5) is 14.2. The number of aryl methyl sites for hydroxylation is 1. The summed E-state index contributed by atoms with van der Waals surface area (Å²) in [5.41, 5.74) is 0.760. The molecule has 1 aromatic rings. The molecule has 7 heteroatoms. The third-order valence-electron chi connectivity index (χ3n) is 3.18.